The monoisotopic (exact) mass is 290 g/mol. The second-order valence-corrected chi connectivity index (χ2v) is 5.02. The van der Waals surface area contributed by atoms with Gasteiger partial charge >= 0.3 is 0 Å². The van der Waals surface area contributed by atoms with Gasteiger partial charge in [0, 0.05) is 15.5 Å². The van der Waals surface area contributed by atoms with E-state index in [2.05, 4.69) is 35.2 Å². The predicted molar refractivity (Wildman–Crippen MR) is 68.7 cm³/mol. The van der Waals surface area contributed by atoms with Crippen LogP contribution in [0, 0.1) is 5.92 Å². The first-order chi connectivity index (χ1) is 7.10. The SMILES string of the molecule is CCC(C)C(NN)c1ccc(Br)cc1Cl. The minimum Gasteiger partial charge on any atom is -0.271 e. The second kappa shape index (κ2) is 5.85. The summed E-state index contributed by atoms with van der Waals surface area (Å²) in [5, 5.41) is 0.743. The number of halogens is 2. The van der Waals surface area contributed by atoms with E-state index in [0.717, 1.165) is 21.5 Å². The largest absolute Gasteiger partial charge is 0.271 e. The molecular weight excluding hydrogens is 275 g/mol. The van der Waals surface area contributed by atoms with E-state index in [0.29, 0.717) is 5.92 Å². The van der Waals surface area contributed by atoms with Gasteiger partial charge in [0.25, 0.3) is 0 Å². The summed E-state index contributed by atoms with van der Waals surface area (Å²) in [4.78, 5) is 0. The van der Waals surface area contributed by atoms with E-state index >= 15 is 0 Å². The molecule has 0 amide bonds. The minimum absolute atomic E-state index is 0.107. The van der Waals surface area contributed by atoms with Crippen molar-refractivity contribution < 1.29 is 0 Å². The lowest BCUT2D eigenvalue weighted by Gasteiger charge is -2.23. The quantitative estimate of drug-likeness (QED) is 0.656. The number of nitrogens with two attached hydrogens (primary N) is 1. The van der Waals surface area contributed by atoms with Gasteiger partial charge < -0.3 is 0 Å². The van der Waals surface area contributed by atoms with Crippen LogP contribution in [0.25, 0.3) is 0 Å². The molecule has 2 unspecified atom stereocenters. The maximum absolute atomic E-state index is 6.18. The number of hydrogen-bond donors (Lipinski definition) is 2. The highest BCUT2D eigenvalue weighted by molar-refractivity contribution is 9.10. The van der Waals surface area contributed by atoms with Crippen LogP contribution in [0.5, 0.6) is 0 Å². The van der Waals surface area contributed by atoms with Crippen molar-refractivity contribution in [3.8, 4) is 0 Å². The molecule has 2 nitrogen and oxygen atoms in total. The van der Waals surface area contributed by atoms with Crippen molar-refractivity contribution in [1.82, 2.24) is 5.43 Å². The maximum Gasteiger partial charge on any atom is 0.0500 e. The van der Waals surface area contributed by atoms with Crippen LogP contribution in [0.2, 0.25) is 5.02 Å². The van der Waals surface area contributed by atoms with Gasteiger partial charge in [-0.2, -0.15) is 0 Å². The molecule has 1 rings (SSSR count). The molecule has 4 heteroatoms. The molecule has 0 radical (unpaired) electrons. The summed E-state index contributed by atoms with van der Waals surface area (Å²) in [5.74, 6) is 6.02. The molecule has 0 bridgehead atoms. The fraction of sp³-hybridized carbons (Fsp3) is 0.455. The molecule has 0 aromatic heterocycles. The highest BCUT2D eigenvalue weighted by Crippen LogP contribution is 2.31. The van der Waals surface area contributed by atoms with Crippen LogP contribution in [0.3, 0.4) is 0 Å². The minimum atomic E-state index is 0.107. The highest BCUT2D eigenvalue weighted by Gasteiger charge is 2.18. The van der Waals surface area contributed by atoms with Gasteiger partial charge in [0.05, 0.1) is 0 Å². The lowest BCUT2D eigenvalue weighted by atomic mass is 9.93. The van der Waals surface area contributed by atoms with Gasteiger partial charge in [0.15, 0.2) is 0 Å². The Morgan fingerprint density at radius 2 is 2.20 bits per heavy atom. The second-order valence-electron chi connectivity index (χ2n) is 3.70. The van der Waals surface area contributed by atoms with E-state index in [1.54, 1.807) is 0 Å². The number of nitrogens with one attached hydrogen (secondary N) is 1. The summed E-state index contributed by atoms with van der Waals surface area (Å²) in [7, 11) is 0. The third kappa shape index (κ3) is 3.18. The molecular formula is C11H16BrClN2. The molecule has 3 N–H and O–H groups in total. The fourth-order valence-electron chi connectivity index (χ4n) is 1.55. The van der Waals surface area contributed by atoms with Crippen LogP contribution >= 0.6 is 27.5 Å². The van der Waals surface area contributed by atoms with Gasteiger partial charge in [-0.1, -0.05) is 53.9 Å². The number of hydrogen-bond acceptors (Lipinski definition) is 2. The van der Waals surface area contributed by atoms with Gasteiger partial charge in [0.1, 0.15) is 0 Å². The zero-order valence-electron chi connectivity index (χ0n) is 8.93. The van der Waals surface area contributed by atoms with E-state index < -0.39 is 0 Å². The topological polar surface area (TPSA) is 38.0 Å². The Morgan fingerprint density at radius 1 is 1.53 bits per heavy atom. The standard InChI is InChI=1S/C11H16BrClN2/c1-3-7(2)11(15-14)9-5-4-8(12)6-10(9)13/h4-7,11,15H,3,14H2,1-2H3. The van der Waals surface area contributed by atoms with Crippen LogP contribution in [0.1, 0.15) is 31.9 Å². The third-order valence-corrected chi connectivity index (χ3v) is 3.51. The lowest BCUT2D eigenvalue weighted by molar-refractivity contribution is 0.383. The third-order valence-electron chi connectivity index (χ3n) is 2.69. The molecule has 0 saturated heterocycles. The van der Waals surface area contributed by atoms with Gasteiger partial charge in [-0.05, 0) is 23.6 Å². The Bertz CT molecular complexity index is 330. The molecule has 0 saturated carbocycles. The van der Waals surface area contributed by atoms with Gasteiger partial charge in [-0.15, -0.1) is 0 Å². The average molecular weight is 292 g/mol. The van der Waals surface area contributed by atoms with Gasteiger partial charge in [-0.25, -0.2) is 0 Å². The van der Waals surface area contributed by atoms with Crippen molar-refractivity contribution in [3.05, 3.63) is 33.3 Å². The highest BCUT2D eigenvalue weighted by atomic mass is 79.9. The molecule has 0 spiro atoms. The van der Waals surface area contributed by atoms with E-state index in [4.69, 9.17) is 17.4 Å². The number of benzene rings is 1. The van der Waals surface area contributed by atoms with Crippen molar-refractivity contribution in [2.75, 3.05) is 0 Å². The number of hydrazine groups is 1. The molecule has 2 atom stereocenters. The first kappa shape index (κ1) is 13.0. The molecule has 0 fully saturated rings. The normalized spacial score (nSPS) is 15.0. The molecule has 15 heavy (non-hydrogen) atoms. The molecule has 1 aromatic rings. The Balaban J connectivity index is 3.01. The first-order valence-electron chi connectivity index (χ1n) is 5.01. The average Bonchev–Trinajstić information content (AvgIpc) is 2.21. The predicted octanol–water partition coefficient (Wildman–Crippen LogP) is 3.65. The maximum atomic E-state index is 6.18. The molecule has 0 heterocycles. The summed E-state index contributed by atoms with van der Waals surface area (Å²) < 4.78 is 0.983. The van der Waals surface area contributed by atoms with Crippen molar-refractivity contribution >= 4 is 27.5 Å². The Hall–Kier alpha value is -0.0900. The lowest BCUT2D eigenvalue weighted by Crippen LogP contribution is -2.32. The molecule has 84 valence electrons. The molecule has 0 aliphatic carbocycles. The zero-order chi connectivity index (χ0) is 11.4. The number of rotatable bonds is 4. The van der Waals surface area contributed by atoms with Gasteiger partial charge in [-0.3, -0.25) is 11.3 Å². The van der Waals surface area contributed by atoms with Crippen LogP contribution < -0.4 is 11.3 Å². The van der Waals surface area contributed by atoms with Crippen LogP contribution in [0.4, 0.5) is 0 Å². The van der Waals surface area contributed by atoms with Crippen LogP contribution in [0.15, 0.2) is 22.7 Å². The summed E-state index contributed by atoms with van der Waals surface area (Å²) in [5.41, 5.74) is 3.88. The Labute approximate surface area is 104 Å². The summed E-state index contributed by atoms with van der Waals surface area (Å²) in [6.07, 6.45) is 1.06. The smallest absolute Gasteiger partial charge is 0.0500 e. The van der Waals surface area contributed by atoms with Crippen LogP contribution in [-0.4, -0.2) is 0 Å². The van der Waals surface area contributed by atoms with Crippen molar-refractivity contribution in [2.24, 2.45) is 11.8 Å². The van der Waals surface area contributed by atoms with Crippen molar-refractivity contribution in [2.45, 2.75) is 26.3 Å². The van der Waals surface area contributed by atoms with Crippen LogP contribution in [-0.2, 0) is 0 Å². The van der Waals surface area contributed by atoms with E-state index in [1.807, 2.05) is 18.2 Å². The van der Waals surface area contributed by atoms with E-state index in [-0.39, 0.29) is 6.04 Å². The molecule has 0 aliphatic heterocycles. The zero-order valence-corrected chi connectivity index (χ0v) is 11.3. The summed E-state index contributed by atoms with van der Waals surface area (Å²) >= 11 is 9.56. The van der Waals surface area contributed by atoms with Crippen molar-refractivity contribution in [3.63, 3.8) is 0 Å². The molecule has 1 aromatic carbocycles. The first-order valence-corrected chi connectivity index (χ1v) is 6.18. The van der Waals surface area contributed by atoms with E-state index in [1.165, 1.54) is 0 Å². The Kier molecular flexibility index (Phi) is 5.06. The summed E-state index contributed by atoms with van der Waals surface area (Å²) in [6.45, 7) is 4.30. The van der Waals surface area contributed by atoms with Gasteiger partial charge in [0.2, 0.25) is 0 Å². The van der Waals surface area contributed by atoms with E-state index in [9.17, 15) is 0 Å². The Morgan fingerprint density at radius 3 is 2.67 bits per heavy atom. The fourth-order valence-corrected chi connectivity index (χ4v) is 2.34. The molecule has 0 aliphatic rings. The summed E-state index contributed by atoms with van der Waals surface area (Å²) in [6, 6.07) is 5.98. The van der Waals surface area contributed by atoms with Crippen molar-refractivity contribution in [1.29, 1.82) is 0 Å².